The number of nitrogens with one attached hydrogen (secondary N) is 1. The van der Waals surface area contributed by atoms with E-state index in [1.54, 1.807) is 0 Å². The lowest BCUT2D eigenvalue weighted by atomic mass is 9.89. The molecule has 2 heterocycles. The normalized spacial score (nSPS) is 19.4. The summed E-state index contributed by atoms with van der Waals surface area (Å²) in [5.41, 5.74) is 0.156. The highest BCUT2D eigenvalue weighted by molar-refractivity contribution is 5.02. The van der Waals surface area contributed by atoms with Gasteiger partial charge in [0.05, 0.1) is 0 Å². The summed E-state index contributed by atoms with van der Waals surface area (Å²) >= 11 is 0. The number of imidazole rings is 1. The van der Waals surface area contributed by atoms with E-state index in [2.05, 4.69) is 53.8 Å². The fourth-order valence-corrected chi connectivity index (χ4v) is 3.57. The van der Waals surface area contributed by atoms with Crippen LogP contribution >= 0.6 is 0 Å². The van der Waals surface area contributed by atoms with Gasteiger partial charge in [0.25, 0.3) is 0 Å². The zero-order valence-corrected chi connectivity index (χ0v) is 14.2. The minimum atomic E-state index is 0.156. The first-order valence-electron chi connectivity index (χ1n) is 8.52. The fraction of sp³-hybridized carbons (Fsp3) is 0.824. The van der Waals surface area contributed by atoms with Crippen molar-refractivity contribution < 1.29 is 0 Å². The molecule has 0 bridgehead atoms. The second-order valence-corrected chi connectivity index (χ2v) is 6.73. The molecule has 4 heteroatoms. The molecule has 1 aliphatic rings. The van der Waals surface area contributed by atoms with Crippen molar-refractivity contribution in [1.29, 1.82) is 0 Å². The number of aromatic nitrogens is 2. The predicted octanol–water partition coefficient (Wildman–Crippen LogP) is 2.69. The number of rotatable bonds is 6. The van der Waals surface area contributed by atoms with E-state index < -0.39 is 0 Å². The second kappa shape index (κ2) is 7.41. The molecule has 21 heavy (non-hydrogen) atoms. The molecule has 0 spiro atoms. The van der Waals surface area contributed by atoms with Gasteiger partial charge in [0.15, 0.2) is 0 Å². The van der Waals surface area contributed by atoms with Crippen molar-refractivity contribution in [2.75, 3.05) is 20.1 Å². The lowest BCUT2D eigenvalue weighted by Gasteiger charge is -2.44. The highest BCUT2D eigenvalue weighted by Gasteiger charge is 2.35. The maximum atomic E-state index is 4.56. The third-order valence-corrected chi connectivity index (χ3v) is 5.15. The molecule has 2 rings (SSSR count). The van der Waals surface area contributed by atoms with E-state index >= 15 is 0 Å². The van der Waals surface area contributed by atoms with E-state index in [1.807, 2.05) is 6.20 Å². The van der Waals surface area contributed by atoms with Gasteiger partial charge in [-0.2, -0.15) is 0 Å². The Bertz CT molecular complexity index is 416. The van der Waals surface area contributed by atoms with Gasteiger partial charge in [-0.25, -0.2) is 4.98 Å². The number of nitrogens with zero attached hydrogens (tertiary/aromatic N) is 3. The van der Waals surface area contributed by atoms with Crippen molar-refractivity contribution in [3.8, 4) is 0 Å². The average Bonchev–Trinajstić information content (AvgIpc) is 2.73. The van der Waals surface area contributed by atoms with Crippen molar-refractivity contribution >= 4 is 0 Å². The molecule has 4 nitrogen and oxygen atoms in total. The second-order valence-electron chi connectivity index (χ2n) is 6.73. The van der Waals surface area contributed by atoms with Crippen LogP contribution in [0.2, 0.25) is 0 Å². The van der Waals surface area contributed by atoms with Crippen LogP contribution < -0.4 is 5.32 Å². The first kappa shape index (κ1) is 16.5. The molecule has 1 aromatic rings. The molecule has 120 valence electrons. The van der Waals surface area contributed by atoms with Gasteiger partial charge in [-0.05, 0) is 53.8 Å². The Morgan fingerprint density at radius 3 is 2.48 bits per heavy atom. The third kappa shape index (κ3) is 3.86. The Labute approximate surface area is 129 Å². The first-order chi connectivity index (χ1) is 10.1. The van der Waals surface area contributed by atoms with Gasteiger partial charge in [0.1, 0.15) is 5.82 Å². The van der Waals surface area contributed by atoms with Crippen LogP contribution in [-0.4, -0.2) is 46.2 Å². The molecule has 0 aromatic carbocycles. The summed E-state index contributed by atoms with van der Waals surface area (Å²) in [6.07, 6.45) is 10.4. The van der Waals surface area contributed by atoms with E-state index in [1.165, 1.54) is 44.6 Å². The standard InChI is InChI=1S/C17H32N4/c1-5-20-13-10-19-16(20)14-15(18-4)17(2,3)21-11-8-6-7-9-12-21/h10,13,15,18H,5-9,11-12,14H2,1-4H3. The van der Waals surface area contributed by atoms with Crippen molar-refractivity contribution in [2.45, 2.75) is 71.0 Å². The molecule has 0 radical (unpaired) electrons. The Morgan fingerprint density at radius 2 is 1.90 bits per heavy atom. The van der Waals surface area contributed by atoms with Crippen LogP contribution in [0.1, 0.15) is 52.3 Å². The number of hydrogen-bond donors (Lipinski definition) is 1. The van der Waals surface area contributed by atoms with E-state index in [-0.39, 0.29) is 5.54 Å². The van der Waals surface area contributed by atoms with E-state index in [4.69, 9.17) is 0 Å². The monoisotopic (exact) mass is 292 g/mol. The van der Waals surface area contributed by atoms with Crippen LogP contribution in [0.5, 0.6) is 0 Å². The van der Waals surface area contributed by atoms with Crippen molar-refractivity contribution in [3.05, 3.63) is 18.2 Å². The molecular weight excluding hydrogens is 260 g/mol. The van der Waals surface area contributed by atoms with Crippen LogP contribution in [0.15, 0.2) is 12.4 Å². The smallest absolute Gasteiger partial charge is 0.110 e. The lowest BCUT2D eigenvalue weighted by Crippen LogP contribution is -2.58. The Hall–Kier alpha value is -0.870. The minimum Gasteiger partial charge on any atom is -0.335 e. The zero-order chi connectivity index (χ0) is 15.3. The van der Waals surface area contributed by atoms with Gasteiger partial charge < -0.3 is 9.88 Å². The van der Waals surface area contributed by atoms with Crippen LogP contribution in [0, 0.1) is 0 Å². The Morgan fingerprint density at radius 1 is 1.24 bits per heavy atom. The predicted molar refractivity (Wildman–Crippen MR) is 88.6 cm³/mol. The SMILES string of the molecule is CCn1ccnc1CC(NC)C(C)(C)N1CCCCCC1. The molecule has 1 aromatic heterocycles. The molecule has 1 fully saturated rings. The van der Waals surface area contributed by atoms with Crippen molar-refractivity contribution in [2.24, 2.45) is 0 Å². The molecule has 1 atom stereocenters. The van der Waals surface area contributed by atoms with Gasteiger partial charge in [0.2, 0.25) is 0 Å². The molecular formula is C17H32N4. The quantitative estimate of drug-likeness (QED) is 0.875. The van der Waals surface area contributed by atoms with Crippen LogP contribution in [0.3, 0.4) is 0 Å². The number of hydrogen-bond acceptors (Lipinski definition) is 3. The summed E-state index contributed by atoms with van der Waals surface area (Å²) in [5, 5.41) is 3.55. The van der Waals surface area contributed by atoms with Gasteiger partial charge in [0, 0.05) is 36.9 Å². The summed E-state index contributed by atoms with van der Waals surface area (Å²) in [4.78, 5) is 7.24. The van der Waals surface area contributed by atoms with Gasteiger partial charge in [-0.3, -0.25) is 4.90 Å². The molecule has 0 saturated carbocycles. The third-order valence-electron chi connectivity index (χ3n) is 5.15. The van der Waals surface area contributed by atoms with E-state index in [0.29, 0.717) is 6.04 Å². The first-order valence-corrected chi connectivity index (χ1v) is 8.52. The van der Waals surface area contributed by atoms with Crippen molar-refractivity contribution in [3.63, 3.8) is 0 Å². The molecule has 1 saturated heterocycles. The van der Waals surface area contributed by atoms with Crippen molar-refractivity contribution in [1.82, 2.24) is 19.8 Å². The highest BCUT2D eigenvalue weighted by Crippen LogP contribution is 2.25. The number of likely N-dealkylation sites (N-methyl/N-ethyl adjacent to an activating group) is 1. The average molecular weight is 292 g/mol. The van der Waals surface area contributed by atoms with Crippen LogP contribution in [0.25, 0.3) is 0 Å². The van der Waals surface area contributed by atoms with Crippen LogP contribution in [0.4, 0.5) is 0 Å². The van der Waals surface area contributed by atoms with Gasteiger partial charge >= 0.3 is 0 Å². The van der Waals surface area contributed by atoms with Crippen LogP contribution in [-0.2, 0) is 13.0 Å². The minimum absolute atomic E-state index is 0.156. The molecule has 0 aliphatic carbocycles. The maximum absolute atomic E-state index is 4.56. The summed E-state index contributed by atoms with van der Waals surface area (Å²) in [6.45, 7) is 10.4. The topological polar surface area (TPSA) is 33.1 Å². The van der Waals surface area contributed by atoms with Gasteiger partial charge in [-0.1, -0.05) is 12.8 Å². The molecule has 1 aliphatic heterocycles. The number of likely N-dealkylation sites (tertiary alicyclic amines) is 1. The summed E-state index contributed by atoms with van der Waals surface area (Å²) < 4.78 is 2.25. The maximum Gasteiger partial charge on any atom is 0.110 e. The molecule has 1 unspecified atom stereocenters. The largest absolute Gasteiger partial charge is 0.335 e. The summed E-state index contributed by atoms with van der Waals surface area (Å²) in [5.74, 6) is 1.19. The Kier molecular flexibility index (Phi) is 5.82. The Balaban J connectivity index is 2.10. The van der Waals surface area contributed by atoms with Gasteiger partial charge in [-0.15, -0.1) is 0 Å². The molecule has 0 amide bonds. The van der Waals surface area contributed by atoms with E-state index in [0.717, 1.165) is 13.0 Å². The van der Waals surface area contributed by atoms with E-state index in [9.17, 15) is 0 Å². The molecule has 1 N–H and O–H groups in total. The number of aryl methyl sites for hydroxylation is 1. The summed E-state index contributed by atoms with van der Waals surface area (Å²) in [7, 11) is 2.09. The highest BCUT2D eigenvalue weighted by atomic mass is 15.2. The fourth-order valence-electron chi connectivity index (χ4n) is 3.57. The zero-order valence-electron chi connectivity index (χ0n) is 14.2. The summed E-state index contributed by atoms with van der Waals surface area (Å²) in [6, 6.07) is 0.420. The lowest BCUT2D eigenvalue weighted by molar-refractivity contribution is 0.0854.